The van der Waals surface area contributed by atoms with Crippen LogP contribution in [-0.2, 0) is 5.41 Å². The molecule has 3 heteroatoms. The van der Waals surface area contributed by atoms with E-state index in [0.717, 1.165) is 66.8 Å². The van der Waals surface area contributed by atoms with Gasteiger partial charge in [0.1, 0.15) is 0 Å². The van der Waals surface area contributed by atoms with Crippen LogP contribution >= 0.6 is 0 Å². The lowest BCUT2D eigenvalue weighted by atomic mass is 9.70. The molecule has 0 aliphatic heterocycles. The molecule has 2 aliphatic carbocycles. The van der Waals surface area contributed by atoms with E-state index in [4.69, 9.17) is 15.0 Å². The molecule has 3 nitrogen and oxygen atoms in total. The minimum absolute atomic E-state index is 0.396. The molecule has 0 saturated heterocycles. The van der Waals surface area contributed by atoms with Gasteiger partial charge in [0.25, 0.3) is 0 Å². The molecule has 0 fully saturated rings. The molecule has 0 N–H and O–H groups in total. The molecule has 0 atom stereocenters. The summed E-state index contributed by atoms with van der Waals surface area (Å²) in [6, 6.07) is 125. The molecule has 1 aromatic heterocycles. The number of hydrogen-bond acceptors (Lipinski definition) is 3. The van der Waals surface area contributed by atoms with Crippen molar-refractivity contribution in [3.63, 3.8) is 0 Å². The molecular formula is C88H57N3. The topological polar surface area (TPSA) is 38.7 Å². The van der Waals surface area contributed by atoms with Crippen molar-refractivity contribution in [2.75, 3.05) is 0 Å². The van der Waals surface area contributed by atoms with Gasteiger partial charge in [0, 0.05) is 16.7 Å². The maximum atomic E-state index is 5.28. The number of fused-ring (bicyclic) bond motifs is 10. The molecular weight excluding hydrogens is 1100 g/mol. The number of aromatic nitrogens is 3. The average Bonchev–Trinajstić information content (AvgIpc) is 1.51. The van der Waals surface area contributed by atoms with E-state index in [0.29, 0.717) is 17.5 Å². The van der Waals surface area contributed by atoms with Crippen molar-refractivity contribution in [3.8, 4) is 145 Å². The first-order chi connectivity index (χ1) is 45.1. The molecule has 0 unspecified atom stereocenters. The van der Waals surface area contributed by atoms with E-state index in [1.54, 1.807) is 0 Å². The van der Waals surface area contributed by atoms with Gasteiger partial charge in [-0.2, -0.15) is 0 Å². The van der Waals surface area contributed by atoms with E-state index < -0.39 is 5.41 Å². The van der Waals surface area contributed by atoms with Gasteiger partial charge < -0.3 is 0 Å². The summed E-state index contributed by atoms with van der Waals surface area (Å²) in [5.74, 6) is 1.81. The Bertz CT molecular complexity index is 5210. The lowest BCUT2D eigenvalue weighted by molar-refractivity contribution is 0.794. The molecule has 424 valence electrons. The second-order valence-corrected chi connectivity index (χ2v) is 23.8. The number of hydrogen-bond donors (Lipinski definition) is 0. The largest absolute Gasteiger partial charge is 0.208 e. The Morgan fingerprint density at radius 3 is 0.714 bits per heavy atom. The monoisotopic (exact) mass is 1160 g/mol. The summed E-state index contributed by atoms with van der Waals surface area (Å²) in [6.07, 6.45) is 0. The van der Waals surface area contributed by atoms with Crippen LogP contribution in [0.5, 0.6) is 0 Å². The van der Waals surface area contributed by atoms with Crippen molar-refractivity contribution in [3.05, 3.63) is 368 Å². The SMILES string of the molecule is c1ccc(-c2cccc(-c3ccc(-c4nc(-c5ccc(-c6cccc(-c7cccc(-c8ccc9c(c8)C8(c%10ccccc%10-c%10ccccc%108)c8ccccc8-9)c7)c6)cc5)nc(-c5cccc(-c6cccc(-c7cccc(-c8ccccc8)c7)c6)c5)n4)cc3)c2)cc1. The molecule has 15 aromatic rings. The van der Waals surface area contributed by atoms with E-state index in [1.165, 1.54) is 83.5 Å². The van der Waals surface area contributed by atoms with E-state index in [2.05, 4.69) is 346 Å². The van der Waals surface area contributed by atoms with Crippen LogP contribution in [0.1, 0.15) is 22.3 Å². The quantitative estimate of drug-likeness (QED) is 0.130. The second kappa shape index (κ2) is 22.4. The average molecular weight is 1160 g/mol. The second-order valence-electron chi connectivity index (χ2n) is 23.8. The zero-order valence-corrected chi connectivity index (χ0v) is 49.8. The Kier molecular flexibility index (Phi) is 13.1. The highest BCUT2D eigenvalue weighted by Gasteiger charge is 2.51. The molecule has 0 saturated carbocycles. The lowest BCUT2D eigenvalue weighted by Gasteiger charge is -2.30. The molecule has 0 bridgehead atoms. The fourth-order valence-corrected chi connectivity index (χ4v) is 14.2. The molecule has 0 amide bonds. The van der Waals surface area contributed by atoms with Gasteiger partial charge in [0.15, 0.2) is 17.5 Å². The summed E-state index contributed by atoms with van der Waals surface area (Å²) in [7, 11) is 0. The summed E-state index contributed by atoms with van der Waals surface area (Å²) in [4.78, 5) is 15.8. The van der Waals surface area contributed by atoms with Crippen LogP contribution in [-0.4, -0.2) is 15.0 Å². The first-order valence-electron chi connectivity index (χ1n) is 31.2. The summed E-state index contributed by atoms with van der Waals surface area (Å²) in [5.41, 5.74) is 31.4. The van der Waals surface area contributed by atoms with Crippen LogP contribution in [0.3, 0.4) is 0 Å². The highest BCUT2D eigenvalue weighted by atomic mass is 15.0. The van der Waals surface area contributed by atoms with Crippen LogP contribution < -0.4 is 0 Å². The fourth-order valence-electron chi connectivity index (χ4n) is 14.2. The minimum atomic E-state index is -0.396. The van der Waals surface area contributed by atoms with E-state index in [-0.39, 0.29) is 0 Å². The van der Waals surface area contributed by atoms with Crippen molar-refractivity contribution in [2.24, 2.45) is 0 Å². The predicted octanol–water partition coefficient (Wildman–Crippen LogP) is 22.6. The third-order valence-corrected chi connectivity index (χ3v) is 18.6. The molecule has 1 heterocycles. The zero-order valence-electron chi connectivity index (χ0n) is 49.8. The Labute approximate surface area is 530 Å². The van der Waals surface area contributed by atoms with Crippen LogP contribution in [0.25, 0.3) is 145 Å². The summed E-state index contributed by atoms with van der Waals surface area (Å²) >= 11 is 0. The first-order valence-corrected chi connectivity index (χ1v) is 31.2. The normalized spacial score (nSPS) is 12.3. The van der Waals surface area contributed by atoms with Gasteiger partial charge in [0.05, 0.1) is 5.41 Å². The first kappa shape index (κ1) is 53.3. The Morgan fingerprint density at radius 2 is 0.363 bits per heavy atom. The summed E-state index contributed by atoms with van der Waals surface area (Å²) in [5, 5.41) is 0. The van der Waals surface area contributed by atoms with Crippen LogP contribution in [0.4, 0.5) is 0 Å². The van der Waals surface area contributed by atoms with Gasteiger partial charge in [0.2, 0.25) is 0 Å². The van der Waals surface area contributed by atoms with E-state index in [1.807, 2.05) is 0 Å². The number of benzene rings is 14. The van der Waals surface area contributed by atoms with Gasteiger partial charge in [-0.1, -0.05) is 303 Å². The molecule has 1 spiro atoms. The van der Waals surface area contributed by atoms with Crippen molar-refractivity contribution in [1.29, 1.82) is 0 Å². The molecule has 0 radical (unpaired) electrons. The fraction of sp³-hybridized carbons (Fsp3) is 0.0114. The molecule has 2 aliphatic rings. The third-order valence-electron chi connectivity index (χ3n) is 18.6. The Balaban J connectivity index is 0.697. The Morgan fingerprint density at radius 1 is 0.143 bits per heavy atom. The summed E-state index contributed by atoms with van der Waals surface area (Å²) < 4.78 is 0. The zero-order chi connectivity index (χ0) is 60.2. The van der Waals surface area contributed by atoms with Crippen LogP contribution in [0, 0.1) is 0 Å². The van der Waals surface area contributed by atoms with Crippen molar-refractivity contribution < 1.29 is 0 Å². The van der Waals surface area contributed by atoms with Crippen LogP contribution in [0.2, 0.25) is 0 Å². The van der Waals surface area contributed by atoms with Gasteiger partial charge in [-0.15, -0.1) is 0 Å². The lowest BCUT2D eigenvalue weighted by Crippen LogP contribution is -2.25. The maximum Gasteiger partial charge on any atom is 0.164 e. The van der Waals surface area contributed by atoms with Gasteiger partial charge >= 0.3 is 0 Å². The predicted molar refractivity (Wildman–Crippen MR) is 376 cm³/mol. The number of nitrogens with zero attached hydrogens (tertiary/aromatic N) is 3. The summed E-state index contributed by atoms with van der Waals surface area (Å²) in [6.45, 7) is 0. The molecule has 17 rings (SSSR count). The van der Waals surface area contributed by atoms with Gasteiger partial charge in [-0.3, -0.25) is 0 Å². The van der Waals surface area contributed by atoms with Crippen molar-refractivity contribution >= 4 is 0 Å². The highest BCUT2D eigenvalue weighted by molar-refractivity contribution is 5.96. The minimum Gasteiger partial charge on any atom is -0.208 e. The van der Waals surface area contributed by atoms with Crippen LogP contribution in [0.15, 0.2) is 346 Å². The molecule has 14 aromatic carbocycles. The third kappa shape index (κ3) is 9.51. The maximum absolute atomic E-state index is 5.28. The standard InChI is InChI=1S/C88H57N3/c1-3-19-58(20-4-1)64-23-13-25-66(51-64)60-41-45-62(46-42-60)85-89-86(91-87(90-85)76-34-18-33-74(56-76)72-31-16-29-70(54-72)68-27-14-24-65(52-68)59-21-5-2-6-22-59)63-47-43-61(44-48-63)67-26-15-28-69(53-67)71-30-17-32-73(55-71)75-49-50-80-79-37-9-12-40-83(79)88(84(80)57-75)81-38-10-7-35-77(81)78-36-8-11-39-82(78)88/h1-57H. The van der Waals surface area contributed by atoms with Gasteiger partial charge in [-0.05, 0) is 176 Å². The smallest absolute Gasteiger partial charge is 0.164 e. The van der Waals surface area contributed by atoms with Gasteiger partial charge in [-0.25, -0.2) is 15.0 Å². The highest BCUT2D eigenvalue weighted by Crippen LogP contribution is 2.63. The molecule has 91 heavy (non-hydrogen) atoms. The van der Waals surface area contributed by atoms with E-state index >= 15 is 0 Å². The van der Waals surface area contributed by atoms with Crippen molar-refractivity contribution in [2.45, 2.75) is 5.41 Å². The van der Waals surface area contributed by atoms with Crippen molar-refractivity contribution in [1.82, 2.24) is 15.0 Å². The number of rotatable bonds is 11. The van der Waals surface area contributed by atoms with E-state index in [9.17, 15) is 0 Å². The Hall–Kier alpha value is -11.9.